The van der Waals surface area contributed by atoms with E-state index in [-0.39, 0.29) is 5.92 Å². The summed E-state index contributed by atoms with van der Waals surface area (Å²) in [5, 5.41) is 0. The van der Waals surface area contributed by atoms with Crippen LogP contribution in [0.2, 0.25) is 0 Å². The van der Waals surface area contributed by atoms with Gasteiger partial charge in [-0.2, -0.15) is 0 Å². The van der Waals surface area contributed by atoms with Crippen LogP contribution in [0.5, 0.6) is 0 Å². The van der Waals surface area contributed by atoms with Crippen LogP contribution in [0.3, 0.4) is 0 Å². The Balaban J connectivity index is 2.29. The van der Waals surface area contributed by atoms with Crippen molar-refractivity contribution < 1.29 is 4.79 Å². The first kappa shape index (κ1) is 11.7. The predicted octanol–water partition coefficient (Wildman–Crippen LogP) is 2.33. The third kappa shape index (κ3) is 3.41. The van der Waals surface area contributed by atoms with Gasteiger partial charge in [-0.1, -0.05) is 27.2 Å². The third-order valence-electron chi connectivity index (χ3n) is 3.11. The van der Waals surface area contributed by atoms with Gasteiger partial charge in [-0.3, -0.25) is 4.79 Å². The van der Waals surface area contributed by atoms with E-state index in [1.54, 1.807) is 0 Å². The van der Waals surface area contributed by atoms with Crippen LogP contribution in [0.25, 0.3) is 0 Å². The van der Waals surface area contributed by atoms with Gasteiger partial charge in [-0.05, 0) is 12.3 Å². The molecule has 0 radical (unpaired) electrons. The second-order valence-corrected chi connectivity index (χ2v) is 4.77. The van der Waals surface area contributed by atoms with E-state index in [2.05, 4.69) is 25.7 Å². The van der Waals surface area contributed by atoms with Gasteiger partial charge in [0.25, 0.3) is 0 Å². The minimum absolute atomic E-state index is 0.262. The number of nitrogens with zero attached hydrogens (tertiary/aromatic N) is 1. The molecule has 14 heavy (non-hydrogen) atoms. The van der Waals surface area contributed by atoms with Crippen molar-refractivity contribution in [3.63, 3.8) is 0 Å². The molecule has 1 rings (SSSR count). The summed E-state index contributed by atoms with van der Waals surface area (Å²) < 4.78 is 0. The van der Waals surface area contributed by atoms with Gasteiger partial charge in [0, 0.05) is 32.0 Å². The number of likely N-dealkylation sites (tertiary alicyclic amines) is 1. The van der Waals surface area contributed by atoms with Crippen molar-refractivity contribution in [1.82, 2.24) is 4.90 Å². The quantitative estimate of drug-likeness (QED) is 0.689. The lowest BCUT2D eigenvalue weighted by Gasteiger charge is -2.31. The minimum atomic E-state index is 0.262. The molecule has 0 aromatic carbocycles. The summed E-state index contributed by atoms with van der Waals surface area (Å²) in [6.07, 6.45) is 3.34. The molecule has 2 unspecified atom stereocenters. The van der Waals surface area contributed by atoms with E-state index >= 15 is 0 Å². The number of hydrogen-bond donors (Lipinski definition) is 0. The molecular weight excluding hydrogens is 174 g/mol. The molecule has 1 fully saturated rings. The molecule has 0 aromatic heterocycles. The summed E-state index contributed by atoms with van der Waals surface area (Å²) in [5.41, 5.74) is 0. The Hall–Kier alpha value is -0.370. The Labute approximate surface area is 87.7 Å². The Morgan fingerprint density at radius 1 is 1.57 bits per heavy atom. The maximum absolute atomic E-state index is 11.3. The summed E-state index contributed by atoms with van der Waals surface area (Å²) in [6.45, 7) is 9.73. The maximum Gasteiger partial charge on any atom is 0.138 e. The summed E-state index contributed by atoms with van der Waals surface area (Å²) in [4.78, 5) is 13.8. The smallest absolute Gasteiger partial charge is 0.138 e. The average molecular weight is 197 g/mol. The number of hydrogen-bond acceptors (Lipinski definition) is 2. The second-order valence-electron chi connectivity index (χ2n) is 4.77. The van der Waals surface area contributed by atoms with Crippen molar-refractivity contribution in [2.75, 3.05) is 19.6 Å². The van der Waals surface area contributed by atoms with Crippen LogP contribution >= 0.6 is 0 Å². The van der Waals surface area contributed by atoms with Crippen molar-refractivity contribution in [1.29, 1.82) is 0 Å². The van der Waals surface area contributed by atoms with E-state index in [9.17, 15) is 4.79 Å². The summed E-state index contributed by atoms with van der Waals surface area (Å²) in [6, 6.07) is 0. The van der Waals surface area contributed by atoms with Crippen LogP contribution < -0.4 is 0 Å². The van der Waals surface area contributed by atoms with Crippen molar-refractivity contribution >= 4 is 5.78 Å². The van der Waals surface area contributed by atoms with Crippen LogP contribution in [0.4, 0.5) is 0 Å². The van der Waals surface area contributed by atoms with Crippen molar-refractivity contribution in [2.45, 2.75) is 40.0 Å². The normalized spacial score (nSPS) is 26.5. The molecule has 82 valence electrons. The largest absolute Gasteiger partial charge is 0.302 e. The minimum Gasteiger partial charge on any atom is -0.302 e. The summed E-state index contributed by atoms with van der Waals surface area (Å²) in [7, 11) is 0. The molecule has 1 heterocycles. The fourth-order valence-corrected chi connectivity index (χ4v) is 2.29. The lowest BCUT2D eigenvalue weighted by molar-refractivity contribution is -0.125. The lowest BCUT2D eigenvalue weighted by Crippen LogP contribution is -2.41. The third-order valence-corrected chi connectivity index (χ3v) is 3.11. The van der Waals surface area contributed by atoms with E-state index in [0.29, 0.717) is 5.78 Å². The molecule has 2 atom stereocenters. The number of ketones is 1. The Morgan fingerprint density at radius 2 is 2.29 bits per heavy atom. The maximum atomic E-state index is 11.3. The van der Waals surface area contributed by atoms with Gasteiger partial charge in [0.1, 0.15) is 5.78 Å². The van der Waals surface area contributed by atoms with Crippen LogP contribution in [0, 0.1) is 11.8 Å². The van der Waals surface area contributed by atoms with Gasteiger partial charge in [-0.15, -0.1) is 0 Å². The van der Waals surface area contributed by atoms with E-state index in [0.717, 1.165) is 25.4 Å². The molecular formula is C12H23NO. The second kappa shape index (κ2) is 5.50. The summed E-state index contributed by atoms with van der Waals surface area (Å²) in [5.74, 6) is 1.49. The molecule has 2 nitrogen and oxygen atoms in total. The Bertz CT molecular complexity index is 191. The zero-order valence-corrected chi connectivity index (χ0v) is 9.75. The first-order valence-corrected chi connectivity index (χ1v) is 5.88. The molecule has 2 heteroatoms. The molecule has 0 aromatic rings. The number of carbonyl (C=O) groups is 1. The topological polar surface area (TPSA) is 20.3 Å². The average Bonchev–Trinajstić information content (AvgIpc) is 2.12. The molecule has 0 amide bonds. The van der Waals surface area contributed by atoms with Crippen molar-refractivity contribution in [2.24, 2.45) is 11.8 Å². The first-order chi connectivity index (χ1) is 6.63. The highest BCUT2D eigenvalue weighted by atomic mass is 16.1. The van der Waals surface area contributed by atoms with Crippen molar-refractivity contribution in [3.05, 3.63) is 0 Å². The van der Waals surface area contributed by atoms with Gasteiger partial charge in [0.15, 0.2) is 0 Å². The predicted molar refractivity (Wildman–Crippen MR) is 59.3 cm³/mol. The number of piperidine rings is 1. The highest BCUT2D eigenvalue weighted by Crippen LogP contribution is 2.15. The van der Waals surface area contributed by atoms with Gasteiger partial charge in [0.2, 0.25) is 0 Å². The van der Waals surface area contributed by atoms with E-state index in [1.165, 1.54) is 19.4 Å². The monoisotopic (exact) mass is 197 g/mol. The molecule has 0 spiro atoms. The fourth-order valence-electron chi connectivity index (χ4n) is 2.29. The molecule has 0 N–H and O–H groups in total. The fraction of sp³-hybridized carbons (Fsp3) is 0.917. The zero-order chi connectivity index (χ0) is 10.6. The highest BCUT2D eigenvalue weighted by Gasteiger charge is 2.23. The summed E-state index contributed by atoms with van der Waals surface area (Å²) >= 11 is 0. The highest BCUT2D eigenvalue weighted by molar-refractivity contribution is 5.81. The SMILES string of the molecule is CCCC(C)CN1CCC(=O)C(C)C1. The number of rotatable bonds is 4. The van der Waals surface area contributed by atoms with E-state index < -0.39 is 0 Å². The van der Waals surface area contributed by atoms with Crippen LogP contribution in [-0.2, 0) is 4.79 Å². The van der Waals surface area contributed by atoms with Crippen LogP contribution in [0.1, 0.15) is 40.0 Å². The molecule has 1 aliphatic heterocycles. The van der Waals surface area contributed by atoms with Crippen molar-refractivity contribution in [3.8, 4) is 0 Å². The first-order valence-electron chi connectivity index (χ1n) is 5.88. The van der Waals surface area contributed by atoms with Gasteiger partial charge >= 0.3 is 0 Å². The van der Waals surface area contributed by atoms with Gasteiger partial charge < -0.3 is 4.90 Å². The molecule has 0 aliphatic carbocycles. The standard InChI is InChI=1S/C12H23NO/c1-4-5-10(2)8-13-7-6-12(14)11(3)9-13/h10-11H,4-9H2,1-3H3. The Kier molecular flexibility index (Phi) is 4.59. The number of carbonyl (C=O) groups excluding carboxylic acids is 1. The molecule has 1 aliphatic rings. The zero-order valence-electron chi connectivity index (χ0n) is 9.75. The Morgan fingerprint density at radius 3 is 2.86 bits per heavy atom. The lowest BCUT2D eigenvalue weighted by atomic mass is 9.97. The van der Waals surface area contributed by atoms with Gasteiger partial charge in [0.05, 0.1) is 0 Å². The van der Waals surface area contributed by atoms with Crippen LogP contribution in [-0.4, -0.2) is 30.3 Å². The number of Topliss-reactive ketones (excluding diaryl/α,β-unsaturated/α-hetero) is 1. The van der Waals surface area contributed by atoms with Gasteiger partial charge in [-0.25, -0.2) is 0 Å². The van der Waals surface area contributed by atoms with E-state index in [4.69, 9.17) is 0 Å². The van der Waals surface area contributed by atoms with Crippen LogP contribution in [0.15, 0.2) is 0 Å². The molecule has 1 saturated heterocycles. The molecule has 0 saturated carbocycles. The molecule has 0 bridgehead atoms. The van der Waals surface area contributed by atoms with E-state index in [1.807, 2.05) is 0 Å².